The average molecular weight is 257 g/mol. The highest BCUT2D eigenvalue weighted by atomic mass is 16.5. The van der Waals surface area contributed by atoms with E-state index < -0.39 is 0 Å². The van der Waals surface area contributed by atoms with Crippen LogP contribution in [0.4, 0.5) is 0 Å². The molecule has 106 valence electrons. The number of amides is 1. The Kier molecular flexibility index (Phi) is 7.23. The van der Waals surface area contributed by atoms with Crippen LogP contribution in [-0.4, -0.2) is 63.8 Å². The molecular weight excluding hydrogens is 230 g/mol. The molecule has 1 amide bonds. The molecule has 0 spiro atoms. The predicted octanol–water partition coefficient (Wildman–Crippen LogP) is 0.0689. The molecule has 0 aliphatic carbocycles. The zero-order valence-corrected chi connectivity index (χ0v) is 11.9. The minimum Gasteiger partial charge on any atom is -0.383 e. The smallest absolute Gasteiger partial charge is 0.224 e. The third-order valence-corrected chi connectivity index (χ3v) is 3.55. The third-order valence-electron chi connectivity index (χ3n) is 3.55. The van der Waals surface area contributed by atoms with Crippen LogP contribution in [0.3, 0.4) is 0 Å². The van der Waals surface area contributed by atoms with Gasteiger partial charge in [0.15, 0.2) is 0 Å². The van der Waals surface area contributed by atoms with Gasteiger partial charge in [0.2, 0.25) is 5.91 Å². The summed E-state index contributed by atoms with van der Waals surface area (Å²) in [4.78, 5) is 14.2. The van der Waals surface area contributed by atoms with Gasteiger partial charge in [-0.25, -0.2) is 0 Å². The zero-order valence-electron chi connectivity index (χ0n) is 11.9. The van der Waals surface area contributed by atoms with E-state index in [-0.39, 0.29) is 11.8 Å². The lowest BCUT2D eigenvalue weighted by molar-refractivity contribution is -0.124. The summed E-state index contributed by atoms with van der Waals surface area (Å²) in [5, 5.41) is 6.08. The Labute approximate surface area is 110 Å². The van der Waals surface area contributed by atoms with Gasteiger partial charge in [-0.05, 0) is 26.4 Å². The SMILES string of the molecule is CNCC(C)C(=O)NCC1CCCN1CCOC. The normalized spacial score (nSPS) is 22.1. The number of methoxy groups -OCH3 is 1. The monoisotopic (exact) mass is 257 g/mol. The first-order chi connectivity index (χ1) is 8.69. The van der Waals surface area contributed by atoms with E-state index in [2.05, 4.69) is 15.5 Å². The van der Waals surface area contributed by atoms with Crippen molar-refractivity contribution < 1.29 is 9.53 Å². The van der Waals surface area contributed by atoms with E-state index in [0.717, 1.165) is 32.8 Å². The second kappa shape index (κ2) is 8.45. The number of ether oxygens (including phenoxy) is 1. The fourth-order valence-electron chi connectivity index (χ4n) is 2.42. The number of nitrogens with one attached hydrogen (secondary N) is 2. The number of hydrogen-bond acceptors (Lipinski definition) is 4. The maximum absolute atomic E-state index is 11.8. The number of nitrogens with zero attached hydrogens (tertiary/aromatic N) is 1. The minimum atomic E-state index is 0.0313. The molecule has 18 heavy (non-hydrogen) atoms. The molecule has 0 aromatic heterocycles. The molecule has 0 radical (unpaired) electrons. The molecule has 2 atom stereocenters. The van der Waals surface area contributed by atoms with Gasteiger partial charge in [0.25, 0.3) is 0 Å². The quantitative estimate of drug-likeness (QED) is 0.646. The van der Waals surface area contributed by atoms with Crippen LogP contribution in [0.25, 0.3) is 0 Å². The summed E-state index contributed by atoms with van der Waals surface area (Å²) in [7, 11) is 3.60. The van der Waals surface area contributed by atoms with Crippen molar-refractivity contribution in [1.82, 2.24) is 15.5 Å². The summed E-state index contributed by atoms with van der Waals surface area (Å²) >= 11 is 0. The van der Waals surface area contributed by atoms with Crippen LogP contribution in [0.5, 0.6) is 0 Å². The number of hydrogen-bond donors (Lipinski definition) is 2. The van der Waals surface area contributed by atoms with Crippen LogP contribution in [0, 0.1) is 5.92 Å². The molecule has 1 heterocycles. The molecule has 0 aromatic rings. The summed E-state index contributed by atoms with van der Waals surface area (Å²) in [6.45, 7) is 6.28. The van der Waals surface area contributed by atoms with Gasteiger partial charge in [0.1, 0.15) is 0 Å². The summed E-state index contributed by atoms with van der Waals surface area (Å²) in [5.74, 6) is 0.173. The van der Waals surface area contributed by atoms with Crippen LogP contribution in [-0.2, 0) is 9.53 Å². The number of likely N-dealkylation sites (tertiary alicyclic amines) is 1. The lowest BCUT2D eigenvalue weighted by Crippen LogP contribution is -2.43. The molecule has 0 bridgehead atoms. The lowest BCUT2D eigenvalue weighted by Gasteiger charge is -2.24. The Balaban J connectivity index is 2.26. The third kappa shape index (κ3) is 4.92. The van der Waals surface area contributed by atoms with Crippen molar-refractivity contribution in [1.29, 1.82) is 0 Å². The van der Waals surface area contributed by atoms with E-state index >= 15 is 0 Å². The molecule has 1 aliphatic heterocycles. The lowest BCUT2D eigenvalue weighted by atomic mass is 10.1. The van der Waals surface area contributed by atoms with Crippen LogP contribution < -0.4 is 10.6 Å². The van der Waals surface area contributed by atoms with E-state index in [1.54, 1.807) is 7.11 Å². The van der Waals surface area contributed by atoms with Crippen molar-refractivity contribution in [3.63, 3.8) is 0 Å². The van der Waals surface area contributed by atoms with E-state index in [9.17, 15) is 4.79 Å². The Morgan fingerprint density at radius 3 is 3.00 bits per heavy atom. The molecule has 1 aliphatic rings. The second-order valence-corrected chi connectivity index (χ2v) is 5.03. The van der Waals surface area contributed by atoms with E-state index in [4.69, 9.17) is 4.74 Å². The van der Waals surface area contributed by atoms with Gasteiger partial charge in [-0.3, -0.25) is 9.69 Å². The predicted molar refractivity (Wildman–Crippen MR) is 72.6 cm³/mol. The maximum Gasteiger partial charge on any atom is 0.224 e. The van der Waals surface area contributed by atoms with Crippen molar-refractivity contribution >= 4 is 5.91 Å². The van der Waals surface area contributed by atoms with E-state index in [1.165, 1.54) is 12.8 Å². The van der Waals surface area contributed by atoms with Crippen molar-refractivity contribution in [3.8, 4) is 0 Å². The van der Waals surface area contributed by atoms with E-state index in [0.29, 0.717) is 6.04 Å². The Morgan fingerprint density at radius 1 is 1.56 bits per heavy atom. The Morgan fingerprint density at radius 2 is 2.33 bits per heavy atom. The van der Waals surface area contributed by atoms with Gasteiger partial charge in [-0.15, -0.1) is 0 Å². The Hall–Kier alpha value is -0.650. The van der Waals surface area contributed by atoms with Crippen molar-refractivity contribution in [2.45, 2.75) is 25.8 Å². The van der Waals surface area contributed by atoms with Crippen molar-refractivity contribution in [2.75, 3.05) is 46.9 Å². The largest absolute Gasteiger partial charge is 0.383 e. The van der Waals surface area contributed by atoms with Crippen LogP contribution in [0.15, 0.2) is 0 Å². The molecule has 5 heteroatoms. The van der Waals surface area contributed by atoms with Gasteiger partial charge < -0.3 is 15.4 Å². The van der Waals surface area contributed by atoms with Gasteiger partial charge >= 0.3 is 0 Å². The number of carbonyl (C=O) groups is 1. The highest BCUT2D eigenvalue weighted by Gasteiger charge is 2.24. The topological polar surface area (TPSA) is 53.6 Å². The summed E-state index contributed by atoms with van der Waals surface area (Å²) < 4.78 is 5.11. The molecule has 5 nitrogen and oxygen atoms in total. The van der Waals surface area contributed by atoms with Crippen LogP contribution in [0.2, 0.25) is 0 Å². The molecule has 1 rings (SSSR count). The van der Waals surface area contributed by atoms with Crippen LogP contribution >= 0.6 is 0 Å². The second-order valence-electron chi connectivity index (χ2n) is 5.03. The standard InChI is InChI=1S/C13H27N3O2/c1-11(9-14-2)13(17)15-10-12-5-4-6-16(12)7-8-18-3/h11-12,14H,4-10H2,1-3H3,(H,15,17). The fraction of sp³-hybridized carbons (Fsp3) is 0.923. The van der Waals surface area contributed by atoms with Crippen LogP contribution in [0.1, 0.15) is 19.8 Å². The summed E-state index contributed by atoms with van der Waals surface area (Å²) in [5.41, 5.74) is 0. The zero-order chi connectivity index (χ0) is 13.4. The van der Waals surface area contributed by atoms with Crippen molar-refractivity contribution in [3.05, 3.63) is 0 Å². The molecule has 2 unspecified atom stereocenters. The summed E-state index contributed by atoms with van der Waals surface area (Å²) in [6, 6.07) is 0.478. The van der Waals surface area contributed by atoms with Crippen molar-refractivity contribution in [2.24, 2.45) is 5.92 Å². The van der Waals surface area contributed by atoms with E-state index in [1.807, 2.05) is 14.0 Å². The van der Waals surface area contributed by atoms with Gasteiger partial charge in [-0.2, -0.15) is 0 Å². The average Bonchev–Trinajstić information content (AvgIpc) is 2.81. The first-order valence-electron chi connectivity index (χ1n) is 6.84. The first-order valence-corrected chi connectivity index (χ1v) is 6.84. The maximum atomic E-state index is 11.8. The first kappa shape index (κ1) is 15.4. The molecule has 2 N–H and O–H groups in total. The highest BCUT2D eigenvalue weighted by Crippen LogP contribution is 2.15. The highest BCUT2D eigenvalue weighted by molar-refractivity contribution is 5.78. The molecule has 1 fully saturated rings. The van der Waals surface area contributed by atoms with Gasteiger partial charge in [0.05, 0.1) is 6.61 Å². The molecular formula is C13H27N3O2. The molecule has 0 saturated carbocycles. The minimum absolute atomic E-state index is 0.0313. The molecule has 0 aromatic carbocycles. The molecule has 1 saturated heterocycles. The number of carbonyl (C=O) groups excluding carboxylic acids is 1. The number of rotatable bonds is 8. The fourth-order valence-corrected chi connectivity index (χ4v) is 2.42. The summed E-state index contributed by atoms with van der Waals surface area (Å²) in [6.07, 6.45) is 2.39. The Bertz CT molecular complexity index is 248. The van der Waals surface area contributed by atoms with Gasteiger partial charge in [-0.1, -0.05) is 6.92 Å². The van der Waals surface area contributed by atoms with Gasteiger partial charge in [0, 0.05) is 38.7 Å².